The molecule has 0 bridgehead atoms. The first-order chi connectivity index (χ1) is 7.08. The molecular formula is C10H9ClFN3. The van der Waals surface area contributed by atoms with Crippen molar-refractivity contribution in [2.75, 3.05) is 5.73 Å². The predicted octanol–water partition coefficient (Wildman–Crippen LogP) is 2.76. The van der Waals surface area contributed by atoms with Crippen LogP contribution in [0.3, 0.4) is 0 Å². The summed E-state index contributed by atoms with van der Waals surface area (Å²) in [6, 6.07) is 4.50. The molecule has 0 saturated heterocycles. The molecule has 0 aliphatic rings. The fraction of sp³-hybridized carbons (Fsp3) is 0.100. The molecule has 0 aliphatic heterocycles. The monoisotopic (exact) mass is 225 g/mol. The van der Waals surface area contributed by atoms with Gasteiger partial charge in [0.15, 0.2) is 0 Å². The third-order valence-electron chi connectivity index (χ3n) is 2.14. The number of rotatable bonds is 1. The van der Waals surface area contributed by atoms with Gasteiger partial charge in [0.25, 0.3) is 0 Å². The van der Waals surface area contributed by atoms with Gasteiger partial charge in [-0.1, -0.05) is 11.6 Å². The van der Waals surface area contributed by atoms with Gasteiger partial charge >= 0.3 is 0 Å². The Morgan fingerprint density at radius 1 is 1.40 bits per heavy atom. The van der Waals surface area contributed by atoms with E-state index in [-0.39, 0.29) is 5.82 Å². The molecule has 78 valence electrons. The minimum Gasteiger partial charge on any atom is -0.382 e. The molecule has 1 aromatic heterocycles. The SMILES string of the molecule is Cc1cc(F)c(-c2cc(N)n[nH]2)cc1Cl. The van der Waals surface area contributed by atoms with Crippen LogP contribution in [0, 0.1) is 12.7 Å². The first-order valence-electron chi connectivity index (χ1n) is 4.35. The van der Waals surface area contributed by atoms with Gasteiger partial charge in [-0.05, 0) is 24.6 Å². The molecule has 1 aromatic carbocycles. The highest BCUT2D eigenvalue weighted by Crippen LogP contribution is 2.27. The first-order valence-corrected chi connectivity index (χ1v) is 4.72. The van der Waals surface area contributed by atoms with Gasteiger partial charge in [-0.3, -0.25) is 5.10 Å². The second-order valence-corrected chi connectivity index (χ2v) is 3.69. The van der Waals surface area contributed by atoms with E-state index in [0.717, 1.165) is 0 Å². The molecule has 15 heavy (non-hydrogen) atoms. The lowest BCUT2D eigenvalue weighted by Gasteiger charge is -2.03. The van der Waals surface area contributed by atoms with E-state index in [2.05, 4.69) is 10.2 Å². The van der Waals surface area contributed by atoms with Crippen LogP contribution in [0.25, 0.3) is 11.3 Å². The van der Waals surface area contributed by atoms with Crippen molar-refractivity contribution in [3.05, 3.63) is 34.6 Å². The number of nitrogens with zero attached hydrogens (tertiary/aromatic N) is 1. The number of nitrogen functional groups attached to an aromatic ring is 1. The lowest BCUT2D eigenvalue weighted by Crippen LogP contribution is -1.87. The van der Waals surface area contributed by atoms with Crippen LogP contribution in [0.15, 0.2) is 18.2 Å². The molecule has 2 aromatic rings. The Hall–Kier alpha value is -1.55. The van der Waals surface area contributed by atoms with Gasteiger partial charge < -0.3 is 5.73 Å². The summed E-state index contributed by atoms with van der Waals surface area (Å²) in [4.78, 5) is 0. The number of hydrogen-bond acceptors (Lipinski definition) is 2. The standard InChI is InChI=1S/C10H9ClFN3/c1-5-2-8(12)6(3-7(5)11)9-4-10(13)15-14-9/h2-4H,1H3,(H3,13,14,15). The van der Waals surface area contributed by atoms with Gasteiger partial charge in [-0.2, -0.15) is 5.10 Å². The Balaban J connectivity index is 2.58. The lowest BCUT2D eigenvalue weighted by atomic mass is 10.1. The number of halogens is 2. The Bertz CT molecular complexity index is 507. The minimum atomic E-state index is -0.347. The molecule has 0 atom stereocenters. The zero-order chi connectivity index (χ0) is 11.0. The molecule has 5 heteroatoms. The predicted molar refractivity (Wildman–Crippen MR) is 58.1 cm³/mol. The average Bonchev–Trinajstić information content (AvgIpc) is 2.58. The van der Waals surface area contributed by atoms with Crippen molar-refractivity contribution in [3.8, 4) is 11.3 Å². The molecule has 3 N–H and O–H groups in total. The third-order valence-corrected chi connectivity index (χ3v) is 2.54. The number of hydrogen-bond donors (Lipinski definition) is 2. The van der Waals surface area contributed by atoms with Gasteiger partial charge in [0.1, 0.15) is 11.6 Å². The summed E-state index contributed by atoms with van der Waals surface area (Å²) in [5.74, 6) is -0.0263. The van der Waals surface area contributed by atoms with Crippen LogP contribution < -0.4 is 5.73 Å². The van der Waals surface area contributed by atoms with Crippen LogP contribution in [0.2, 0.25) is 5.02 Å². The Labute approximate surface area is 91.1 Å². The number of aryl methyl sites for hydroxylation is 1. The summed E-state index contributed by atoms with van der Waals surface area (Å²) >= 11 is 5.91. The summed E-state index contributed by atoms with van der Waals surface area (Å²) in [7, 11) is 0. The van der Waals surface area contributed by atoms with E-state index < -0.39 is 0 Å². The number of H-pyrrole nitrogens is 1. The number of nitrogens with two attached hydrogens (primary N) is 1. The lowest BCUT2D eigenvalue weighted by molar-refractivity contribution is 0.629. The number of nitrogens with one attached hydrogen (secondary N) is 1. The summed E-state index contributed by atoms with van der Waals surface area (Å²) in [6.07, 6.45) is 0. The van der Waals surface area contributed by atoms with E-state index in [0.29, 0.717) is 27.7 Å². The van der Waals surface area contributed by atoms with Crippen LogP contribution in [0.4, 0.5) is 10.2 Å². The first kappa shape index (κ1) is 9.98. The third kappa shape index (κ3) is 1.80. The normalized spacial score (nSPS) is 10.6. The number of benzene rings is 1. The molecule has 0 saturated carbocycles. The van der Waals surface area contributed by atoms with Gasteiger partial charge in [0, 0.05) is 16.7 Å². The molecule has 0 fully saturated rings. The molecule has 2 rings (SSSR count). The summed E-state index contributed by atoms with van der Waals surface area (Å²) in [5, 5.41) is 6.88. The summed E-state index contributed by atoms with van der Waals surface area (Å²) < 4.78 is 13.6. The topological polar surface area (TPSA) is 54.7 Å². The maximum atomic E-state index is 13.6. The smallest absolute Gasteiger partial charge is 0.145 e. The highest BCUT2D eigenvalue weighted by molar-refractivity contribution is 6.31. The van der Waals surface area contributed by atoms with E-state index in [1.807, 2.05) is 0 Å². The molecule has 0 amide bonds. The Kier molecular flexibility index (Phi) is 2.36. The van der Waals surface area contributed by atoms with Crippen LogP contribution in [-0.2, 0) is 0 Å². The largest absolute Gasteiger partial charge is 0.382 e. The fourth-order valence-electron chi connectivity index (χ4n) is 1.33. The van der Waals surface area contributed by atoms with E-state index in [9.17, 15) is 4.39 Å². The van der Waals surface area contributed by atoms with Crippen LogP contribution in [-0.4, -0.2) is 10.2 Å². The maximum Gasteiger partial charge on any atom is 0.145 e. The Morgan fingerprint density at radius 2 is 2.13 bits per heavy atom. The van der Waals surface area contributed by atoms with Crippen molar-refractivity contribution in [1.82, 2.24) is 10.2 Å². The van der Waals surface area contributed by atoms with Crippen molar-refractivity contribution in [2.45, 2.75) is 6.92 Å². The zero-order valence-corrected chi connectivity index (χ0v) is 8.77. The van der Waals surface area contributed by atoms with Crippen molar-refractivity contribution >= 4 is 17.4 Å². The van der Waals surface area contributed by atoms with E-state index in [1.165, 1.54) is 6.07 Å². The minimum absolute atomic E-state index is 0.320. The maximum absolute atomic E-state index is 13.6. The quantitative estimate of drug-likeness (QED) is 0.784. The van der Waals surface area contributed by atoms with Gasteiger partial charge in [0.05, 0.1) is 5.69 Å². The van der Waals surface area contributed by atoms with Gasteiger partial charge in [0.2, 0.25) is 0 Å². The molecule has 0 aliphatic carbocycles. The molecule has 0 radical (unpaired) electrons. The second-order valence-electron chi connectivity index (χ2n) is 3.29. The summed E-state index contributed by atoms with van der Waals surface area (Å²) in [6.45, 7) is 1.75. The molecule has 1 heterocycles. The number of aromatic nitrogens is 2. The average molecular weight is 226 g/mol. The number of aromatic amines is 1. The molecule has 0 spiro atoms. The second kappa shape index (κ2) is 3.55. The van der Waals surface area contributed by atoms with Gasteiger partial charge in [-0.15, -0.1) is 0 Å². The zero-order valence-electron chi connectivity index (χ0n) is 8.01. The van der Waals surface area contributed by atoms with Crippen molar-refractivity contribution in [2.24, 2.45) is 0 Å². The highest BCUT2D eigenvalue weighted by atomic mass is 35.5. The van der Waals surface area contributed by atoms with Crippen molar-refractivity contribution in [1.29, 1.82) is 0 Å². The fourth-order valence-corrected chi connectivity index (χ4v) is 1.49. The van der Waals surface area contributed by atoms with Crippen LogP contribution in [0.5, 0.6) is 0 Å². The summed E-state index contributed by atoms with van der Waals surface area (Å²) in [5.41, 5.74) is 7.03. The van der Waals surface area contributed by atoms with Crippen LogP contribution >= 0.6 is 11.6 Å². The highest BCUT2D eigenvalue weighted by Gasteiger charge is 2.10. The van der Waals surface area contributed by atoms with Crippen molar-refractivity contribution < 1.29 is 4.39 Å². The van der Waals surface area contributed by atoms with Crippen LogP contribution in [0.1, 0.15) is 5.56 Å². The number of anilines is 1. The molecular weight excluding hydrogens is 217 g/mol. The van der Waals surface area contributed by atoms with E-state index in [1.54, 1.807) is 19.1 Å². The molecule has 0 unspecified atom stereocenters. The van der Waals surface area contributed by atoms with E-state index in [4.69, 9.17) is 17.3 Å². The Morgan fingerprint density at radius 3 is 2.73 bits per heavy atom. The van der Waals surface area contributed by atoms with Crippen molar-refractivity contribution in [3.63, 3.8) is 0 Å². The van der Waals surface area contributed by atoms with E-state index >= 15 is 0 Å². The molecule has 3 nitrogen and oxygen atoms in total. The van der Waals surface area contributed by atoms with Gasteiger partial charge in [-0.25, -0.2) is 4.39 Å².